The summed E-state index contributed by atoms with van der Waals surface area (Å²) in [7, 11) is 1.79. The first-order chi connectivity index (χ1) is 9.93. The minimum absolute atomic E-state index is 0.0415. The predicted molar refractivity (Wildman–Crippen MR) is 81.4 cm³/mol. The van der Waals surface area contributed by atoms with Crippen LogP contribution in [0.3, 0.4) is 0 Å². The van der Waals surface area contributed by atoms with E-state index in [4.69, 9.17) is 4.74 Å². The second kappa shape index (κ2) is 4.88. The molecule has 0 unspecified atom stereocenters. The number of hydrogen-bond acceptors (Lipinski definition) is 3. The molecule has 0 aliphatic carbocycles. The highest BCUT2D eigenvalue weighted by Crippen LogP contribution is 2.35. The molecule has 108 valence electrons. The predicted octanol–water partition coefficient (Wildman–Crippen LogP) is 3.03. The smallest absolute Gasteiger partial charge is 0.189 e. The third kappa shape index (κ3) is 2.89. The number of nitrogens with zero attached hydrogens (tertiary/aromatic N) is 2. The number of fused-ring (bicyclic) bond motifs is 1. The van der Waals surface area contributed by atoms with E-state index in [1.54, 1.807) is 30.2 Å². The van der Waals surface area contributed by atoms with Gasteiger partial charge >= 0.3 is 0 Å². The SMILES string of the molecule is Cn1cc(C(=O)/C=C\c2ccc3c(c2)CC(C)(C)O3)cn1. The highest BCUT2D eigenvalue weighted by Gasteiger charge is 2.29. The van der Waals surface area contributed by atoms with Gasteiger partial charge in [-0.25, -0.2) is 0 Å². The number of allylic oxidation sites excluding steroid dienone is 1. The van der Waals surface area contributed by atoms with Crippen LogP contribution in [0.25, 0.3) is 6.08 Å². The van der Waals surface area contributed by atoms with Crippen molar-refractivity contribution in [2.75, 3.05) is 0 Å². The maximum atomic E-state index is 12.0. The van der Waals surface area contributed by atoms with Crippen molar-refractivity contribution in [3.8, 4) is 5.75 Å². The van der Waals surface area contributed by atoms with Crippen LogP contribution in [0.2, 0.25) is 0 Å². The van der Waals surface area contributed by atoms with Gasteiger partial charge in [-0.1, -0.05) is 12.1 Å². The topological polar surface area (TPSA) is 44.1 Å². The molecule has 0 saturated heterocycles. The Bertz CT molecular complexity index is 726. The minimum atomic E-state index is -0.143. The Kier molecular flexibility index (Phi) is 3.16. The van der Waals surface area contributed by atoms with Crippen LogP contribution in [-0.4, -0.2) is 21.2 Å². The molecule has 1 aliphatic heterocycles. The highest BCUT2D eigenvalue weighted by molar-refractivity contribution is 6.06. The van der Waals surface area contributed by atoms with Crippen LogP contribution in [0.5, 0.6) is 5.75 Å². The van der Waals surface area contributed by atoms with E-state index >= 15 is 0 Å². The van der Waals surface area contributed by atoms with E-state index in [0.29, 0.717) is 5.56 Å². The number of benzene rings is 1. The van der Waals surface area contributed by atoms with E-state index < -0.39 is 0 Å². The molecule has 2 aromatic rings. The Morgan fingerprint density at radius 3 is 2.95 bits per heavy atom. The molecule has 4 nitrogen and oxygen atoms in total. The third-order valence-corrected chi connectivity index (χ3v) is 3.50. The summed E-state index contributed by atoms with van der Waals surface area (Å²) >= 11 is 0. The van der Waals surface area contributed by atoms with Crippen LogP contribution in [0.4, 0.5) is 0 Å². The number of carbonyl (C=O) groups is 1. The van der Waals surface area contributed by atoms with E-state index in [2.05, 4.69) is 25.0 Å². The maximum Gasteiger partial charge on any atom is 0.189 e. The van der Waals surface area contributed by atoms with Crippen LogP contribution >= 0.6 is 0 Å². The van der Waals surface area contributed by atoms with E-state index in [9.17, 15) is 4.79 Å². The first-order valence-electron chi connectivity index (χ1n) is 6.96. The Balaban J connectivity index is 1.77. The Morgan fingerprint density at radius 1 is 1.43 bits per heavy atom. The fourth-order valence-corrected chi connectivity index (χ4v) is 2.55. The van der Waals surface area contributed by atoms with Gasteiger partial charge < -0.3 is 4.74 Å². The summed E-state index contributed by atoms with van der Waals surface area (Å²) < 4.78 is 7.47. The van der Waals surface area contributed by atoms with Gasteiger partial charge in [-0.3, -0.25) is 9.48 Å². The number of rotatable bonds is 3. The molecule has 3 rings (SSSR count). The first-order valence-corrected chi connectivity index (χ1v) is 6.96. The van der Waals surface area contributed by atoms with E-state index in [-0.39, 0.29) is 11.4 Å². The van der Waals surface area contributed by atoms with Crippen LogP contribution in [0.15, 0.2) is 36.7 Å². The van der Waals surface area contributed by atoms with E-state index in [0.717, 1.165) is 17.7 Å². The summed E-state index contributed by atoms with van der Waals surface area (Å²) in [6.45, 7) is 4.16. The molecule has 0 fully saturated rings. The molecule has 4 heteroatoms. The largest absolute Gasteiger partial charge is 0.487 e. The maximum absolute atomic E-state index is 12.0. The Labute approximate surface area is 124 Å². The third-order valence-electron chi connectivity index (χ3n) is 3.50. The molecule has 21 heavy (non-hydrogen) atoms. The molecular weight excluding hydrogens is 264 g/mol. The summed E-state index contributed by atoms with van der Waals surface area (Å²) in [6, 6.07) is 6.02. The molecule has 0 N–H and O–H groups in total. The molecule has 1 aliphatic rings. The van der Waals surface area contributed by atoms with Gasteiger partial charge in [-0.15, -0.1) is 0 Å². The highest BCUT2D eigenvalue weighted by atomic mass is 16.5. The zero-order valence-corrected chi connectivity index (χ0v) is 12.5. The zero-order valence-electron chi connectivity index (χ0n) is 12.5. The van der Waals surface area contributed by atoms with Crippen molar-refractivity contribution in [2.24, 2.45) is 7.05 Å². The van der Waals surface area contributed by atoms with Gasteiger partial charge in [0.2, 0.25) is 0 Å². The Hall–Kier alpha value is -2.36. The average molecular weight is 282 g/mol. The molecule has 1 aromatic carbocycles. The lowest BCUT2D eigenvalue weighted by Gasteiger charge is -2.16. The number of hydrogen-bond donors (Lipinski definition) is 0. The van der Waals surface area contributed by atoms with Crippen molar-refractivity contribution in [3.63, 3.8) is 0 Å². The van der Waals surface area contributed by atoms with Crippen molar-refractivity contribution in [1.29, 1.82) is 0 Å². The van der Waals surface area contributed by atoms with Crippen molar-refractivity contribution in [1.82, 2.24) is 9.78 Å². The average Bonchev–Trinajstić information content (AvgIpc) is 2.97. The molecule has 1 aromatic heterocycles. The summed E-state index contributed by atoms with van der Waals surface area (Å²) in [6.07, 6.45) is 7.60. The normalized spacial score (nSPS) is 16.0. The van der Waals surface area contributed by atoms with Gasteiger partial charge in [0.1, 0.15) is 11.4 Å². The van der Waals surface area contributed by atoms with Crippen LogP contribution in [0.1, 0.15) is 35.3 Å². The van der Waals surface area contributed by atoms with Gasteiger partial charge in [-0.05, 0) is 43.2 Å². The molecule has 0 saturated carbocycles. The number of ketones is 1. The lowest BCUT2D eigenvalue weighted by atomic mass is 10.00. The first kappa shape index (κ1) is 13.6. The Morgan fingerprint density at radius 2 is 2.24 bits per heavy atom. The van der Waals surface area contributed by atoms with Crippen molar-refractivity contribution in [3.05, 3.63) is 53.4 Å². The monoisotopic (exact) mass is 282 g/mol. The second-order valence-corrected chi connectivity index (χ2v) is 6.01. The summed E-state index contributed by atoms with van der Waals surface area (Å²) in [5.74, 6) is 0.899. The molecule has 0 amide bonds. The van der Waals surface area contributed by atoms with Gasteiger partial charge in [0.15, 0.2) is 5.78 Å². The fourth-order valence-electron chi connectivity index (χ4n) is 2.55. The van der Waals surface area contributed by atoms with Crippen molar-refractivity contribution >= 4 is 11.9 Å². The summed E-state index contributed by atoms with van der Waals surface area (Å²) in [5.41, 5.74) is 2.65. The molecule has 2 heterocycles. The second-order valence-electron chi connectivity index (χ2n) is 6.01. The van der Waals surface area contributed by atoms with Crippen molar-refractivity contribution < 1.29 is 9.53 Å². The summed E-state index contributed by atoms with van der Waals surface area (Å²) in [5, 5.41) is 4.00. The minimum Gasteiger partial charge on any atom is -0.487 e. The quantitative estimate of drug-likeness (QED) is 0.642. The van der Waals surface area contributed by atoms with Gasteiger partial charge in [0.25, 0.3) is 0 Å². The van der Waals surface area contributed by atoms with E-state index in [1.807, 2.05) is 18.2 Å². The van der Waals surface area contributed by atoms with Crippen molar-refractivity contribution in [2.45, 2.75) is 25.9 Å². The summed E-state index contributed by atoms with van der Waals surface area (Å²) in [4.78, 5) is 12.0. The van der Waals surface area contributed by atoms with Crippen LogP contribution in [-0.2, 0) is 13.5 Å². The molecule has 0 radical (unpaired) electrons. The zero-order chi connectivity index (χ0) is 15.0. The number of aromatic nitrogens is 2. The number of carbonyl (C=O) groups excluding carboxylic acids is 1. The number of aryl methyl sites for hydroxylation is 1. The molecule has 0 bridgehead atoms. The lowest BCUT2D eigenvalue weighted by molar-refractivity contribution is 0.104. The van der Waals surface area contributed by atoms with Gasteiger partial charge in [0.05, 0.1) is 11.8 Å². The standard InChI is InChI=1S/C17H18N2O2/c1-17(2)9-13-8-12(5-7-16(13)21-17)4-6-15(20)14-10-18-19(3)11-14/h4-8,10-11H,9H2,1-3H3/b6-4-. The lowest BCUT2D eigenvalue weighted by Crippen LogP contribution is -2.24. The molecular formula is C17H18N2O2. The molecule has 0 spiro atoms. The van der Waals surface area contributed by atoms with E-state index in [1.165, 1.54) is 5.56 Å². The van der Waals surface area contributed by atoms with Crippen LogP contribution in [0, 0.1) is 0 Å². The number of ether oxygens (including phenoxy) is 1. The van der Waals surface area contributed by atoms with Gasteiger partial charge in [-0.2, -0.15) is 5.10 Å². The fraction of sp³-hybridized carbons (Fsp3) is 0.294. The molecule has 0 atom stereocenters. The van der Waals surface area contributed by atoms with Gasteiger partial charge in [0, 0.05) is 19.7 Å². The van der Waals surface area contributed by atoms with Crippen LogP contribution < -0.4 is 4.74 Å².